The van der Waals surface area contributed by atoms with E-state index in [9.17, 15) is 22.8 Å². The van der Waals surface area contributed by atoms with Gasteiger partial charge in [-0.05, 0) is 56.2 Å². The van der Waals surface area contributed by atoms with E-state index >= 15 is 0 Å². The van der Waals surface area contributed by atoms with Crippen LogP contribution in [0.15, 0.2) is 48.5 Å². The fourth-order valence-corrected chi connectivity index (χ4v) is 5.73. The number of nitrogens with one attached hydrogen (secondary N) is 2. The summed E-state index contributed by atoms with van der Waals surface area (Å²) < 4.78 is 26.3. The van der Waals surface area contributed by atoms with Gasteiger partial charge in [0.1, 0.15) is 5.66 Å². The van der Waals surface area contributed by atoms with Crippen LogP contribution in [0.4, 0.5) is 17.1 Å². The number of rotatable bonds is 8. The second kappa shape index (κ2) is 9.09. The predicted molar refractivity (Wildman–Crippen MR) is 130 cm³/mol. The maximum absolute atomic E-state index is 13.2. The van der Waals surface area contributed by atoms with Gasteiger partial charge in [0.2, 0.25) is 21.8 Å². The molecule has 0 radical (unpaired) electrons. The number of amides is 3. The highest BCUT2D eigenvalue weighted by molar-refractivity contribution is 7.92. The van der Waals surface area contributed by atoms with Crippen LogP contribution in [0, 0.1) is 0 Å². The van der Waals surface area contributed by atoms with Crippen LogP contribution in [0.25, 0.3) is 0 Å². The third-order valence-corrected chi connectivity index (χ3v) is 7.72. The SMILES string of the molecule is CCCS(=O)(=O)Nc1ccc(NC(=O)CCN2C(=O)c3ccccc3N3C(=O)CCC23C)cc1. The second-order valence-electron chi connectivity index (χ2n) is 8.72. The lowest BCUT2D eigenvalue weighted by Crippen LogP contribution is -2.62. The molecule has 2 heterocycles. The Kier molecular flexibility index (Phi) is 6.35. The molecule has 1 saturated heterocycles. The molecule has 2 aromatic carbocycles. The van der Waals surface area contributed by atoms with E-state index in [1.807, 2.05) is 6.92 Å². The Labute approximate surface area is 199 Å². The average Bonchev–Trinajstić information content (AvgIpc) is 3.10. The molecule has 4 rings (SSSR count). The van der Waals surface area contributed by atoms with Crippen molar-refractivity contribution in [2.24, 2.45) is 0 Å². The summed E-state index contributed by atoms with van der Waals surface area (Å²) in [4.78, 5) is 41.8. The third kappa shape index (κ3) is 4.50. The first-order valence-corrected chi connectivity index (χ1v) is 12.9. The van der Waals surface area contributed by atoms with E-state index in [1.54, 1.807) is 65.3 Å². The Balaban J connectivity index is 1.42. The molecule has 0 saturated carbocycles. The normalized spacial score (nSPS) is 19.6. The van der Waals surface area contributed by atoms with Crippen LogP contribution in [-0.2, 0) is 19.6 Å². The van der Waals surface area contributed by atoms with Crippen LogP contribution in [0.3, 0.4) is 0 Å². The largest absolute Gasteiger partial charge is 0.326 e. The van der Waals surface area contributed by atoms with Gasteiger partial charge >= 0.3 is 0 Å². The van der Waals surface area contributed by atoms with Crippen molar-refractivity contribution in [1.82, 2.24) is 4.90 Å². The first-order valence-electron chi connectivity index (χ1n) is 11.3. The van der Waals surface area contributed by atoms with Crippen molar-refractivity contribution in [2.45, 2.75) is 45.2 Å². The molecule has 2 aliphatic rings. The lowest BCUT2D eigenvalue weighted by molar-refractivity contribution is -0.117. The van der Waals surface area contributed by atoms with Crippen molar-refractivity contribution in [1.29, 1.82) is 0 Å². The van der Waals surface area contributed by atoms with Crippen LogP contribution >= 0.6 is 0 Å². The molecule has 10 heteroatoms. The van der Waals surface area contributed by atoms with Gasteiger partial charge in [-0.25, -0.2) is 8.42 Å². The average molecular weight is 485 g/mol. The molecule has 3 amide bonds. The molecule has 9 nitrogen and oxygen atoms in total. The van der Waals surface area contributed by atoms with E-state index in [4.69, 9.17) is 0 Å². The summed E-state index contributed by atoms with van der Waals surface area (Å²) >= 11 is 0. The third-order valence-electron chi connectivity index (χ3n) is 6.22. The van der Waals surface area contributed by atoms with E-state index in [0.717, 1.165) is 0 Å². The molecule has 2 aliphatic heterocycles. The summed E-state index contributed by atoms with van der Waals surface area (Å²) in [5.74, 6) is -0.481. The number of carbonyl (C=O) groups is 3. The minimum Gasteiger partial charge on any atom is -0.326 e. The first kappa shape index (κ1) is 23.7. The highest BCUT2D eigenvalue weighted by Crippen LogP contribution is 2.43. The topological polar surface area (TPSA) is 116 Å². The van der Waals surface area contributed by atoms with Gasteiger partial charge in [0, 0.05) is 30.8 Å². The van der Waals surface area contributed by atoms with Crippen molar-refractivity contribution < 1.29 is 22.8 Å². The number of fused-ring (bicyclic) bond motifs is 3. The maximum atomic E-state index is 13.2. The van der Waals surface area contributed by atoms with Gasteiger partial charge in [-0.15, -0.1) is 0 Å². The van der Waals surface area contributed by atoms with Crippen molar-refractivity contribution in [3.8, 4) is 0 Å². The maximum Gasteiger partial charge on any atom is 0.257 e. The van der Waals surface area contributed by atoms with Crippen LogP contribution in [0.2, 0.25) is 0 Å². The van der Waals surface area contributed by atoms with E-state index in [-0.39, 0.29) is 36.4 Å². The lowest BCUT2D eigenvalue weighted by Gasteiger charge is -2.48. The molecule has 180 valence electrons. The molecular weight excluding hydrogens is 456 g/mol. The number of sulfonamides is 1. The Morgan fingerprint density at radius 1 is 1.06 bits per heavy atom. The molecule has 1 atom stereocenters. The van der Waals surface area contributed by atoms with Crippen LogP contribution < -0.4 is 14.9 Å². The van der Waals surface area contributed by atoms with Crippen molar-refractivity contribution in [2.75, 3.05) is 27.2 Å². The minimum absolute atomic E-state index is 0.0348. The van der Waals surface area contributed by atoms with Crippen molar-refractivity contribution in [3.05, 3.63) is 54.1 Å². The molecular formula is C24H28N4O5S. The quantitative estimate of drug-likeness (QED) is 0.597. The first-order chi connectivity index (χ1) is 16.1. The monoisotopic (exact) mass is 484 g/mol. The number of hydrogen-bond acceptors (Lipinski definition) is 5. The Bertz CT molecular complexity index is 1230. The molecule has 0 bridgehead atoms. The van der Waals surface area contributed by atoms with E-state index in [0.29, 0.717) is 41.9 Å². The molecule has 34 heavy (non-hydrogen) atoms. The van der Waals surface area contributed by atoms with Crippen LogP contribution in [-0.4, -0.2) is 49.0 Å². The van der Waals surface area contributed by atoms with Gasteiger partial charge in [-0.3, -0.25) is 24.0 Å². The Morgan fingerprint density at radius 2 is 1.74 bits per heavy atom. The highest BCUT2D eigenvalue weighted by atomic mass is 32.2. The van der Waals surface area contributed by atoms with E-state index in [1.165, 1.54) is 0 Å². The number of anilines is 3. The zero-order valence-electron chi connectivity index (χ0n) is 19.2. The number of nitrogens with zero attached hydrogens (tertiary/aromatic N) is 2. The molecule has 2 aromatic rings. The van der Waals surface area contributed by atoms with Crippen LogP contribution in [0.5, 0.6) is 0 Å². The van der Waals surface area contributed by atoms with Gasteiger partial charge in [0.15, 0.2) is 0 Å². The summed E-state index contributed by atoms with van der Waals surface area (Å²) in [5, 5.41) is 2.78. The summed E-state index contributed by atoms with van der Waals surface area (Å²) in [6, 6.07) is 13.4. The number of carbonyl (C=O) groups excluding carboxylic acids is 3. The van der Waals surface area contributed by atoms with Crippen LogP contribution in [0.1, 0.15) is 49.9 Å². The van der Waals surface area contributed by atoms with Gasteiger partial charge in [0.05, 0.1) is 17.0 Å². The highest BCUT2D eigenvalue weighted by Gasteiger charge is 2.52. The molecule has 1 fully saturated rings. The Hall–Kier alpha value is -3.40. The number of benzene rings is 2. The Morgan fingerprint density at radius 3 is 2.44 bits per heavy atom. The van der Waals surface area contributed by atoms with E-state index in [2.05, 4.69) is 10.0 Å². The van der Waals surface area contributed by atoms with Gasteiger partial charge in [-0.1, -0.05) is 19.1 Å². The molecule has 0 aromatic heterocycles. The molecule has 1 unspecified atom stereocenters. The summed E-state index contributed by atoms with van der Waals surface area (Å²) in [6.45, 7) is 3.81. The molecule has 0 aliphatic carbocycles. The lowest BCUT2D eigenvalue weighted by atomic mass is 9.98. The zero-order valence-corrected chi connectivity index (χ0v) is 20.0. The van der Waals surface area contributed by atoms with Gasteiger partial charge in [0.25, 0.3) is 5.91 Å². The van der Waals surface area contributed by atoms with Gasteiger partial charge < -0.3 is 10.2 Å². The zero-order chi connectivity index (χ0) is 24.5. The smallest absolute Gasteiger partial charge is 0.257 e. The minimum atomic E-state index is -3.39. The summed E-state index contributed by atoms with van der Waals surface area (Å²) in [6.07, 6.45) is 1.41. The summed E-state index contributed by atoms with van der Waals surface area (Å²) in [5.41, 5.74) is 1.20. The number of hydrogen-bond donors (Lipinski definition) is 2. The molecule has 0 spiro atoms. The van der Waals surface area contributed by atoms with Gasteiger partial charge in [-0.2, -0.15) is 0 Å². The van der Waals surface area contributed by atoms with Crippen molar-refractivity contribution >= 4 is 44.8 Å². The van der Waals surface area contributed by atoms with Crippen molar-refractivity contribution in [3.63, 3.8) is 0 Å². The second-order valence-corrected chi connectivity index (χ2v) is 10.6. The standard InChI is InChI=1S/C24H28N4O5S/c1-3-16-34(32,33)26-18-10-8-17(9-11-18)25-21(29)13-15-27-23(31)19-6-4-5-7-20(19)28-22(30)12-14-24(27,28)2/h4-11,26H,3,12-16H2,1-2H3,(H,25,29). The predicted octanol–water partition coefficient (Wildman–Crippen LogP) is 3.17. The molecule has 2 N–H and O–H groups in total. The fraction of sp³-hybridized carbons (Fsp3) is 0.375. The fourth-order valence-electron chi connectivity index (χ4n) is 4.60. The summed E-state index contributed by atoms with van der Waals surface area (Å²) in [7, 11) is -3.39. The van der Waals surface area contributed by atoms with E-state index < -0.39 is 15.7 Å². The number of para-hydroxylation sites is 1.